The van der Waals surface area contributed by atoms with Crippen molar-refractivity contribution in [2.24, 2.45) is 0 Å². The van der Waals surface area contributed by atoms with E-state index in [0.717, 1.165) is 44.7 Å². The van der Waals surface area contributed by atoms with Crippen molar-refractivity contribution in [1.29, 1.82) is 0 Å². The smallest absolute Gasteiger partial charge is 0.131 e. The summed E-state index contributed by atoms with van der Waals surface area (Å²) in [4.78, 5) is 8.85. The second kappa shape index (κ2) is 8.22. The zero-order chi connectivity index (χ0) is 16.8. The van der Waals surface area contributed by atoms with Gasteiger partial charge >= 0.3 is 0 Å². The molecule has 128 valence electrons. The molecule has 1 aliphatic heterocycles. The van der Waals surface area contributed by atoms with Crippen molar-refractivity contribution in [3.63, 3.8) is 0 Å². The highest BCUT2D eigenvalue weighted by Crippen LogP contribution is 2.18. The maximum Gasteiger partial charge on any atom is 0.131 e. The monoisotopic (exact) mass is 329 g/mol. The summed E-state index contributed by atoms with van der Waals surface area (Å²) in [5, 5.41) is 0. The highest BCUT2D eigenvalue weighted by Gasteiger charge is 2.16. The van der Waals surface area contributed by atoms with Crippen molar-refractivity contribution < 1.29 is 9.13 Å². The Bertz CT molecular complexity index is 650. The van der Waals surface area contributed by atoms with Crippen LogP contribution in [0.25, 0.3) is 0 Å². The molecule has 2 aromatic rings. The van der Waals surface area contributed by atoms with Crippen LogP contribution in [0.15, 0.2) is 42.7 Å². The quantitative estimate of drug-likeness (QED) is 0.843. The van der Waals surface area contributed by atoms with Crippen LogP contribution in [0.2, 0.25) is 0 Å². The molecule has 5 heteroatoms. The van der Waals surface area contributed by atoms with Gasteiger partial charge in [0.25, 0.3) is 0 Å². The largest absolute Gasteiger partial charge is 0.497 e. The van der Waals surface area contributed by atoms with E-state index >= 15 is 0 Å². The van der Waals surface area contributed by atoms with Crippen molar-refractivity contribution in [2.45, 2.75) is 19.5 Å². The van der Waals surface area contributed by atoms with Gasteiger partial charge in [0, 0.05) is 50.2 Å². The first-order chi connectivity index (χ1) is 11.7. The Morgan fingerprint density at radius 3 is 2.38 bits per heavy atom. The molecule has 0 N–H and O–H groups in total. The summed E-state index contributed by atoms with van der Waals surface area (Å²) >= 11 is 0. The summed E-state index contributed by atoms with van der Waals surface area (Å²) in [6.45, 7) is 5.63. The van der Waals surface area contributed by atoms with E-state index in [2.05, 4.69) is 26.9 Å². The van der Waals surface area contributed by atoms with E-state index in [1.165, 1.54) is 11.6 Å². The van der Waals surface area contributed by atoms with E-state index in [0.29, 0.717) is 12.3 Å². The van der Waals surface area contributed by atoms with Gasteiger partial charge in [-0.05, 0) is 43.3 Å². The second-order valence-electron chi connectivity index (χ2n) is 6.22. The summed E-state index contributed by atoms with van der Waals surface area (Å²) in [7, 11) is 1.56. The molecule has 24 heavy (non-hydrogen) atoms. The number of benzene rings is 1. The van der Waals surface area contributed by atoms with Crippen LogP contribution in [0.4, 0.5) is 4.39 Å². The fourth-order valence-corrected chi connectivity index (χ4v) is 3.11. The van der Waals surface area contributed by atoms with Crippen molar-refractivity contribution in [3.05, 3.63) is 59.7 Å². The molecule has 1 aliphatic rings. The van der Waals surface area contributed by atoms with Gasteiger partial charge in [-0.15, -0.1) is 0 Å². The van der Waals surface area contributed by atoms with Crippen molar-refractivity contribution >= 4 is 0 Å². The van der Waals surface area contributed by atoms with Crippen molar-refractivity contribution in [2.75, 3.05) is 33.3 Å². The Morgan fingerprint density at radius 1 is 1.00 bits per heavy atom. The highest BCUT2D eigenvalue weighted by atomic mass is 19.1. The van der Waals surface area contributed by atoms with Gasteiger partial charge < -0.3 is 4.74 Å². The lowest BCUT2D eigenvalue weighted by Gasteiger charge is -2.22. The number of aromatic nitrogens is 1. The summed E-state index contributed by atoms with van der Waals surface area (Å²) < 4.78 is 19.2. The third-order valence-electron chi connectivity index (χ3n) is 4.49. The van der Waals surface area contributed by atoms with E-state index in [9.17, 15) is 4.39 Å². The van der Waals surface area contributed by atoms with Gasteiger partial charge in [-0.1, -0.05) is 6.07 Å². The molecule has 0 atom stereocenters. The van der Waals surface area contributed by atoms with Crippen LogP contribution in [0, 0.1) is 5.82 Å². The third kappa shape index (κ3) is 4.52. The van der Waals surface area contributed by atoms with E-state index in [4.69, 9.17) is 4.74 Å². The second-order valence-corrected chi connectivity index (χ2v) is 6.22. The minimum atomic E-state index is -0.188. The standard InChI is InChI=1S/C19H24FN3O/c1-24-18-4-3-17(19(20)13-18)15-23-10-2-9-22(11-12-23)14-16-5-7-21-8-6-16/h3-8,13H,2,9-12,14-15H2,1H3. The van der Waals surface area contributed by atoms with Crippen LogP contribution < -0.4 is 4.74 Å². The first-order valence-corrected chi connectivity index (χ1v) is 8.40. The Labute approximate surface area is 142 Å². The molecule has 1 aromatic carbocycles. The number of rotatable bonds is 5. The summed E-state index contributed by atoms with van der Waals surface area (Å²) in [6, 6.07) is 9.24. The molecule has 4 nitrogen and oxygen atoms in total. The summed E-state index contributed by atoms with van der Waals surface area (Å²) in [5.41, 5.74) is 2.03. The van der Waals surface area contributed by atoms with E-state index < -0.39 is 0 Å². The number of pyridine rings is 1. The van der Waals surface area contributed by atoms with Crippen LogP contribution in [-0.4, -0.2) is 48.1 Å². The van der Waals surface area contributed by atoms with Crippen LogP contribution in [0.1, 0.15) is 17.5 Å². The lowest BCUT2D eigenvalue weighted by Crippen LogP contribution is -2.30. The zero-order valence-corrected chi connectivity index (χ0v) is 14.1. The number of hydrogen-bond donors (Lipinski definition) is 0. The molecule has 2 heterocycles. The molecular formula is C19H24FN3O. The van der Waals surface area contributed by atoms with Crippen LogP contribution in [0.3, 0.4) is 0 Å². The van der Waals surface area contributed by atoms with Gasteiger partial charge in [0.15, 0.2) is 0 Å². The molecule has 0 saturated carbocycles. The Hall–Kier alpha value is -1.98. The Morgan fingerprint density at radius 2 is 1.71 bits per heavy atom. The number of halogens is 1. The molecule has 0 bridgehead atoms. The number of methoxy groups -OCH3 is 1. The lowest BCUT2D eigenvalue weighted by molar-refractivity contribution is 0.245. The minimum Gasteiger partial charge on any atom is -0.497 e. The minimum absolute atomic E-state index is 0.188. The maximum atomic E-state index is 14.1. The average Bonchev–Trinajstić information content (AvgIpc) is 2.83. The van der Waals surface area contributed by atoms with Gasteiger partial charge in [0.05, 0.1) is 7.11 Å². The molecule has 0 amide bonds. The van der Waals surface area contributed by atoms with Crippen molar-refractivity contribution in [1.82, 2.24) is 14.8 Å². The molecular weight excluding hydrogens is 305 g/mol. The maximum absolute atomic E-state index is 14.1. The van der Waals surface area contributed by atoms with Gasteiger partial charge in [-0.2, -0.15) is 0 Å². The Kier molecular flexibility index (Phi) is 5.77. The molecule has 1 saturated heterocycles. The van der Waals surface area contributed by atoms with E-state index in [1.54, 1.807) is 7.11 Å². The summed E-state index contributed by atoms with van der Waals surface area (Å²) in [6.07, 6.45) is 4.78. The van der Waals surface area contributed by atoms with Gasteiger partial charge in [0.2, 0.25) is 0 Å². The SMILES string of the molecule is COc1ccc(CN2CCCN(Cc3ccncc3)CC2)c(F)c1. The first-order valence-electron chi connectivity index (χ1n) is 8.40. The fourth-order valence-electron chi connectivity index (χ4n) is 3.11. The van der Waals surface area contributed by atoms with Crippen LogP contribution >= 0.6 is 0 Å². The highest BCUT2D eigenvalue weighted by molar-refractivity contribution is 5.28. The van der Waals surface area contributed by atoms with Gasteiger partial charge in [0.1, 0.15) is 11.6 Å². The lowest BCUT2D eigenvalue weighted by atomic mass is 10.2. The molecule has 0 aliphatic carbocycles. The normalized spacial score (nSPS) is 16.8. The predicted octanol–water partition coefficient (Wildman–Crippen LogP) is 2.94. The third-order valence-corrected chi connectivity index (χ3v) is 4.49. The zero-order valence-electron chi connectivity index (χ0n) is 14.1. The van der Waals surface area contributed by atoms with Gasteiger partial charge in [-0.25, -0.2) is 4.39 Å². The van der Waals surface area contributed by atoms with Crippen LogP contribution in [0.5, 0.6) is 5.75 Å². The van der Waals surface area contributed by atoms with Crippen molar-refractivity contribution in [3.8, 4) is 5.75 Å². The summed E-state index contributed by atoms with van der Waals surface area (Å²) in [5.74, 6) is 0.378. The molecule has 3 rings (SSSR count). The number of ether oxygens (including phenoxy) is 1. The average molecular weight is 329 g/mol. The number of hydrogen-bond acceptors (Lipinski definition) is 4. The topological polar surface area (TPSA) is 28.6 Å². The molecule has 0 unspecified atom stereocenters. The number of nitrogens with zero attached hydrogens (tertiary/aromatic N) is 3. The van der Waals surface area contributed by atoms with Gasteiger partial charge in [-0.3, -0.25) is 14.8 Å². The van der Waals surface area contributed by atoms with E-state index in [-0.39, 0.29) is 5.82 Å². The first kappa shape index (κ1) is 16.9. The molecule has 1 fully saturated rings. The fraction of sp³-hybridized carbons (Fsp3) is 0.421. The molecule has 0 spiro atoms. The Balaban J connectivity index is 1.55. The predicted molar refractivity (Wildman–Crippen MR) is 92.4 cm³/mol. The van der Waals surface area contributed by atoms with Crippen LogP contribution in [-0.2, 0) is 13.1 Å². The molecule has 0 radical (unpaired) electrons. The van der Waals surface area contributed by atoms with E-state index in [1.807, 2.05) is 24.5 Å². The molecule has 1 aromatic heterocycles.